The summed E-state index contributed by atoms with van der Waals surface area (Å²) in [6.45, 7) is 0. The highest BCUT2D eigenvalue weighted by Gasteiger charge is 2.21. The van der Waals surface area contributed by atoms with Crippen molar-refractivity contribution < 1.29 is 4.74 Å². The highest BCUT2D eigenvalue weighted by atomic mass is 79.9. The molecule has 1 atom stereocenters. The van der Waals surface area contributed by atoms with E-state index in [1.165, 1.54) is 11.1 Å². The van der Waals surface area contributed by atoms with Gasteiger partial charge in [-0.25, -0.2) is 0 Å². The van der Waals surface area contributed by atoms with Gasteiger partial charge in [-0.05, 0) is 48.6 Å². The van der Waals surface area contributed by atoms with E-state index in [0.29, 0.717) is 5.69 Å². The van der Waals surface area contributed by atoms with Gasteiger partial charge in [-0.2, -0.15) is 0 Å². The van der Waals surface area contributed by atoms with Crippen LogP contribution in [-0.4, -0.2) is 0 Å². The largest absolute Gasteiger partial charge is 0.484 e. The monoisotopic (exact) mass is 317 g/mol. The Morgan fingerprint density at radius 1 is 1.16 bits per heavy atom. The molecule has 1 unspecified atom stereocenters. The second-order valence-corrected chi connectivity index (χ2v) is 5.80. The van der Waals surface area contributed by atoms with E-state index in [9.17, 15) is 0 Å². The molecule has 98 valence electrons. The molecule has 2 nitrogen and oxygen atoms in total. The Hall–Kier alpha value is -1.48. The van der Waals surface area contributed by atoms with Crippen LogP contribution < -0.4 is 10.5 Å². The first-order chi connectivity index (χ1) is 9.24. The topological polar surface area (TPSA) is 35.2 Å². The first kappa shape index (κ1) is 12.5. The summed E-state index contributed by atoms with van der Waals surface area (Å²) in [6.07, 6.45) is 3.46. The zero-order chi connectivity index (χ0) is 13.2. The van der Waals surface area contributed by atoms with Crippen molar-refractivity contribution >= 4 is 21.6 Å². The SMILES string of the molecule is Nc1ccc(Br)cc1OC1CCCc2ccccc21. The smallest absolute Gasteiger partial charge is 0.144 e. The molecular weight excluding hydrogens is 302 g/mol. The number of halogens is 1. The van der Waals surface area contributed by atoms with E-state index in [2.05, 4.69) is 40.2 Å². The summed E-state index contributed by atoms with van der Waals surface area (Å²) in [4.78, 5) is 0. The molecule has 1 aliphatic carbocycles. The van der Waals surface area contributed by atoms with Crippen LogP contribution in [0.5, 0.6) is 5.75 Å². The fourth-order valence-electron chi connectivity index (χ4n) is 2.60. The molecule has 19 heavy (non-hydrogen) atoms. The average molecular weight is 318 g/mol. The molecule has 2 N–H and O–H groups in total. The van der Waals surface area contributed by atoms with E-state index in [4.69, 9.17) is 10.5 Å². The molecule has 3 heteroatoms. The number of nitrogens with two attached hydrogens (primary N) is 1. The third-order valence-corrected chi connectivity index (χ3v) is 4.05. The number of ether oxygens (including phenoxy) is 1. The Morgan fingerprint density at radius 3 is 2.89 bits per heavy atom. The molecule has 2 aromatic rings. The van der Waals surface area contributed by atoms with Crippen molar-refractivity contribution in [3.63, 3.8) is 0 Å². The van der Waals surface area contributed by atoms with Crippen LogP contribution in [-0.2, 0) is 6.42 Å². The lowest BCUT2D eigenvalue weighted by atomic mass is 9.89. The Kier molecular flexibility index (Phi) is 3.47. The summed E-state index contributed by atoms with van der Waals surface area (Å²) in [5.74, 6) is 0.760. The fourth-order valence-corrected chi connectivity index (χ4v) is 2.94. The van der Waals surface area contributed by atoms with E-state index in [1.807, 2.05) is 18.2 Å². The standard InChI is InChI=1S/C16H16BrNO/c17-12-8-9-14(18)16(10-12)19-15-7-3-5-11-4-1-2-6-13(11)15/h1-2,4,6,8-10,15H,3,5,7,18H2. The highest BCUT2D eigenvalue weighted by Crippen LogP contribution is 2.36. The average Bonchev–Trinajstić information content (AvgIpc) is 2.43. The Morgan fingerprint density at radius 2 is 2.00 bits per heavy atom. The number of rotatable bonds is 2. The Balaban J connectivity index is 1.90. The maximum Gasteiger partial charge on any atom is 0.144 e. The van der Waals surface area contributed by atoms with Crippen LogP contribution in [0.3, 0.4) is 0 Å². The Bertz CT molecular complexity index is 597. The van der Waals surface area contributed by atoms with Gasteiger partial charge in [0.15, 0.2) is 0 Å². The number of nitrogen functional groups attached to an aromatic ring is 1. The van der Waals surface area contributed by atoms with Crippen molar-refractivity contribution in [1.82, 2.24) is 0 Å². The van der Waals surface area contributed by atoms with Crippen LogP contribution in [0.25, 0.3) is 0 Å². The minimum Gasteiger partial charge on any atom is -0.484 e. The molecule has 0 saturated heterocycles. The molecule has 0 aromatic heterocycles. The lowest BCUT2D eigenvalue weighted by Gasteiger charge is -2.26. The van der Waals surface area contributed by atoms with Crippen molar-refractivity contribution in [2.24, 2.45) is 0 Å². The van der Waals surface area contributed by atoms with E-state index in [0.717, 1.165) is 29.5 Å². The van der Waals surface area contributed by atoms with Gasteiger partial charge in [0.05, 0.1) is 5.69 Å². The minimum absolute atomic E-state index is 0.113. The number of hydrogen-bond acceptors (Lipinski definition) is 2. The van der Waals surface area contributed by atoms with Crippen LogP contribution >= 0.6 is 15.9 Å². The number of hydrogen-bond donors (Lipinski definition) is 1. The van der Waals surface area contributed by atoms with Gasteiger partial charge in [-0.15, -0.1) is 0 Å². The van der Waals surface area contributed by atoms with Crippen molar-refractivity contribution in [3.8, 4) is 5.75 Å². The molecule has 1 aliphatic rings. The maximum atomic E-state index is 6.14. The van der Waals surface area contributed by atoms with Gasteiger partial charge in [-0.1, -0.05) is 40.2 Å². The van der Waals surface area contributed by atoms with Crippen molar-refractivity contribution in [2.75, 3.05) is 5.73 Å². The Labute approximate surface area is 121 Å². The molecule has 0 amide bonds. The van der Waals surface area contributed by atoms with Crippen molar-refractivity contribution in [2.45, 2.75) is 25.4 Å². The molecule has 0 spiro atoms. The lowest BCUT2D eigenvalue weighted by molar-refractivity contribution is 0.184. The van der Waals surface area contributed by atoms with Crippen LogP contribution in [0.2, 0.25) is 0 Å². The first-order valence-electron chi connectivity index (χ1n) is 6.53. The van der Waals surface area contributed by atoms with Gasteiger partial charge in [0.25, 0.3) is 0 Å². The molecule has 2 aromatic carbocycles. The second kappa shape index (κ2) is 5.25. The van der Waals surface area contributed by atoms with Gasteiger partial charge in [-0.3, -0.25) is 0 Å². The number of anilines is 1. The number of fused-ring (bicyclic) bond motifs is 1. The summed E-state index contributed by atoms with van der Waals surface area (Å²) in [6, 6.07) is 14.2. The molecule has 0 heterocycles. The lowest BCUT2D eigenvalue weighted by Crippen LogP contribution is -2.15. The normalized spacial score (nSPS) is 17.8. The van der Waals surface area contributed by atoms with E-state index in [-0.39, 0.29) is 6.10 Å². The third kappa shape index (κ3) is 2.61. The van der Waals surface area contributed by atoms with Crippen LogP contribution in [0, 0.1) is 0 Å². The van der Waals surface area contributed by atoms with Crippen molar-refractivity contribution in [1.29, 1.82) is 0 Å². The highest BCUT2D eigenvalue weighted by molar-refractivity contribution is 9.10. The number of aryl methyl sites for hydroxylation is 1. The first-order valence-corrected chi connectivity index (χ1v) is 7.33. The second-order valence-electron chi connectivity index (χ2n) is 4.88. The number of benzene rings is 2. The molecule has 0 fully saturated rings. The molecular formula is C16H16BrNO. The predicted octanol–water partition coefficient (Wildman–Crippen LogP) is 4.49. The van der Waals surface area contributed by atoms with Gasteiger partial charge in [0.1, 0.15) is 11.9 Å². The molecule has 0 radical (unpaired) electrons. The summed E-state index contributed by atoms with van der Waals surface area (Å²) in [5.41, 5.74) is 9.36. The summed E-state index contributed by atoms with van der Waals surface area (Å²) < 4.78 is 7.13. The van der Waals surface area contributed by atoms with Crippen LogP contribution in [0.4, 0.5) is 5.69 Å². The molecule has 0 saturated carbocycles. The van der Waals surface area contributed by atoms with Gasteiger partial charge < -0.3 is 10.5 Å². The van der Waals surface area contributed by atoms with Gasteiger partial charge in [0.2, 0.25) is 0 Å². The van der Waals surface area contributed by atoms with Crippen LogP contribution in [0.15, 0.2) is 46.9 Å². The zero-order valence-corrected chi connectivity index (χ0v) is 12.2. The summed E-state index contributed by atoms with van der Waals surface area (Å²) in [5, 5.41) is 0. The fraction of sp³-hybridized carbons (Fsp3) is 0.250. The third-order valence-electron chi connectivity index (χ3n) is 3.56. The van der Waals surface area contributed by atoms with E-state index < -0.39 is 0 Å². The predicted molar refractivity (Wildman–Crippen MR) is 81.3 cm³/mol. The summed E-state index contributed by atoms with van der Waals surface area (Å²) >= 11 is 3.46. The quantitative estimate of drug-likeness (QED) is 0.828. The van der Waals surface area contributed by atoms with Crippen molar-refractivity contribution in [3.05, 3.63) is 58.1 Å². The molecule has 0 aliphatic heterocycles. The molecule has 0 bridgehead atoms. The zero-order valence-electron chi connectivity index (χ0n) is 10.6. The summed E-state index contributed by atoms with van der Waals surface area (Å²) in [7, 11) is 0. The van der Waals surface area contributed by atoms with E-state index in [1.54, 1.807) is 0 Å². The maximum absolute atomic E-state index is 6.14. The van der Waals surface area contributed by atoms with E-state index >= 15 is 0 Å². The van der Waals surface area contributed by atoms with Gasteiger partial charge >= 0.3 is 0 Å². The minimum atomic E-state index is 0.113. The van der Waals surface area contributed by atoms with Gasteiger partial charge in [0, 0.05) is 4.47 Å². The molecule has 3 rings (SSSR count). The van der Waals surface area contributed by atoms with Crippen LogP contribution in [0.1, 0.15) is 30.1 Å².